The molecule has 1 aromatic heterocycles. The molecule has 0 aliphatic carbocycles. The van der Waals surface area contributed by atoms with E-state index in [4.69, 9.17) is 19.3 Å². The van der Waals surface area contributed by atoms with Crippen LogP contribution in [0.1, 0.15) is 25.1 Å². The lowest BCUT2D eigenvalue weighted by molar-refractivity contribution is -0.0122. The number of methoxy groups -OCH3 is 1. The lowest BCUT2D eigenvalue weighted by atomic mass is 10.2. The van der Waals surface area contributed by atoms with Crippen molar-refractivity contribution in [1.29, 1.82) is 0 Å². The first-order valence-corrected chi connectivity index (χ1v) is 11.5. The molecule has 0 saturated carbocycles. The van der Waals surface area contributed by atoms with E-state index in [0.29, 0.717) is 37.9 Å². The first-order valence-electron chi connectivity index (χ1n) is 11.5. The largest absolute Gasteiger partial charge is 0.438 e. The minimum Gasteiger partial charge on any atom is -0.438 e. The second-order valence-corrected chi connectivity index (χ2v) is 8.44. The normalized spacial score (nSPS) is 12.5. The number of nitrogens with zero attached hydrogens (tertiary/aromatic N) is 3. The van der Waals surface area contributed by atoms with E-state index in [9.17, 15) is 9.50 Å². The van der Waals surface area contributed by atoms with Gasteiger partial charge in [0.25, 0.3) is 0 Å². The van der Waals surface area contributed by atoms with E-state index in [2.05, 4.69) is 4.90 Å². The van der Waals surface area contributed by atoms with Gasteiger partial charge in [0, 0.05) is 32.8 Å². The molecule has 7 nitrogen and oxygen atoms in total. The van der Waals surface area contributed by atoms with E-state index in [-0.39, 0.29) is 18.5 Å². The first kappa shape index (κ1) is 25.8. The van der Waals surface area contributed by atoms with Gasteiger partial charge in [-0.2, -0.15) is 5.10 Å². The highest BCUT2D eigenvalue weighted by Gasteiger charge is 2.23. The van der Waals surface area contributed by atoms with Gasteiger partial charge in [0.15, 0.2) is 0 Å². The van der Waals surface area contributed by atoms with Gasteiger partial charge in [-0.15, -0.1) is 0 Å². The third-order valence-electron chi connectivity index (χ3n) is 5.23. The number of aryl methyl sites for hydroxylation is 1. The maximum absolute atomic E-state index is 13.9. The summed E-state index contributed by atoms with van der Waals surface area (Å²) in [6.07, 6.45) is -0.615. The predicted molar refractivity (Wildman–Crippen MR) is 129 cm³/mol. The molecule has 0 aliphatic heterocycles. The SMILES string of the molecule is COCCN(Cc1c(C)nn(-c2ccccc2)c1Oc1cccc(F)c1)C[C@@H](O)COC(C)C. The van der Waals surface area contributed by atoms with Crippen molar-refractivity contribution in [3.63, 3.8) is 0 Å². The summed E-state index contributed by atoms with van der Waals surface area (Å²) < 4.78 is 32.6. The zero-order valence-corrected chi connectivity index (χ0v) is 20.3. The summed E-state index contributed by atoms with van der Waals surface area (Å²) in [7, 11) is 1.65. The third kappa shape index (κ3) is 7.36. The van der Waals surface area contributed by atoms with Gasteiger partial charge in [0.1, 0.15) is 11.6 Å². The van der Waals surface area contributed by atoms with E-state index in [1.807, 2.05) is 51.1 Å². The quantitative estimate of drug-likeness (QED) is 0.400. The lowest BCUT2D eigenvalue weighted by Crippen LogP contribution is -2.37. The molecule has 184 valence electrons. The summed E-state index contributed by atoms with van der Waals surface area (Å²) in [5.41, 5.74) is 2.46. The van der Waals surface area contributed by atoms with Gasteiger partial charge in [-0.25, -0.2) is 9.07 Å². The summed E-state index contributed by atoms with van der Waals surface area (Å²) >= 11 is 0. The van der Waals surface area contributed by atoms with Crippen LogP contribution >= 0.6 is 0 Å². The van der Waals surface area contributed by atoms with Crippen molar-refractivity contribution in [2.45, 2.75) is 39.5 Å². The predicted octanol–water partition coefficient (Wildman–Crippen LogP) is 4.35. The van der Waals surface area contributed by atoms with E-state index >= 15 is 0 Å². The molecule has 8 heteroatoms. The Kier molecular flexibility index (Phi) is 9.59. The second-order valence-electron chi connectivity index (χ2n) is 8.44. The van der Waals surface area contributed by atoms with Crippen LogP contribution in [0.25, 0.3) is 5.69 Å². The standard InChI is InChI=1S/C26H34FN3O4/c1-19(2)33-18-23(31)16-29(13-14-32-4)17-25-20(3)28-30(22-10-6-5-7-11-22)26(25)34-24-12-8-9-21(27)15-24/h5-12,15,19,23,31H,13-14,16-18H2,1-4H3/t23-/m1/s1. The van der Waals surface area contributed by atoms with Crippen LogP contribution in [0.5, 0.6) is 11.6 Å². The van der Waals surface area contributed by atoms with Crippen molar-refractivity contribution in [3.05, 3.63) is 71.7 Å². The van der Waals surface area contributed by atoms with Crippen molar-refractivity contribution >= 4 is 0 Å². The molecular formula is C26H34FN3O4. The highest BCUT2D eigenvalue weighted by Crippen LogP contribution is 2.32. The molecule has 0 amide bonds. The molecule has 0 radical (unpaired) electrons. The Morgan fingerprint density at radius 3 is 2.56 bits per heavy atom. The molecule has 1 N–H and O–H groups in total. The molecule has 0 bridgehead atoms. The Bertz CT molecular complexity index is 1030. The summed E-state index contributed by atoms with van der Waals surface area (Å²) in [6.45, 7) is 8.00. The molecule has 0 unspecified atom stereocenters. The first-order chi connectivity index (χ1) is 16.4. The van der Waals surface area contributed by atoms with Crippen LogP contribution in [0, 0.1) is 12.7 Å². The molecule has 0 aliphatic rings. The Labute approximate surface area is 200 Å². The number of hydrogen-bond acceptors (Lipinski definition) is 6. The Morgan fingerprint density at radius 1 is 1.12 bits per heavy atom. The van der Waals surface area contributed by atoms with Crippen molar-refractivity contribution in [1.82, 2.24) is 14.7 Å². The minimum atomic E-state index is -0.656. The summed E-state index contributed by atoms with van der Waals surface area (Å²) in [5.74, 6) is 0.508. The molecule has 0 fully saturated rings. The summed E-state index contributed by atoms with van der Waals surface area (Å²) in [5, 5.41) is 15.3. The van der Waals surface area contributed by atoms with Crippen molar-refractivity contribution in [2.24, 2.45) is 0 Å². The monoisotopic (exact) mass is 471 g/mol. The van der Waals surface area contributed by atoms with Crippen molar-refractivity contribution < 1.29 is 23.7 Å². The molecule has 1 heterocycles. The molecule has 1 atom stereocenters. The number of hydrogen-bond donors (Lipinski definition) is 1. The number of aliphatic hydroxyl groups excluding tert-OH is 1. The van der Waals surface area contributed by atoms with Crippen LogP contribution in [-0.4, -0.2) is 65.4 Å². The number of para-hydroxylation sites is 1. The van der Waals surface area contributed by atoms with E-state index in [1.54, 1.807) is 23.9 Å². The van der Waals surface area contributed by atoms with Gasteiger partial charge in [-0.3, -0.25) is 4.90 Å². The van der Waals surface area contributed by atoms with Gasteiger partial charge in [-0.1, -0.05) is 24.3 Å². The van der Waals surface area contributed by atoms with Crippen LogP contribution < -0.4 is 4.74 Å². The minimum absolute atomic E-state index is 0.0414. The average Bonchev–Trinajstić information content (AvgIpc) is 3.11. The number of halogens is 1. The highest BCUT2D eigenvalue weighted by atomic mass is 19.1. The fourth-order valence-electron chi connectivity index (χ4n) is 3.54. The van der Waals surface area contributed by atoms with Gasteiger partial charge >= 0.3 is 0 Å². The van der Waals surface area contributed by atoms with Crippen LogP contribution in [0.4, 0.5) is 4.39 Å². The number of rotatable bonds is 13. The fourth-order valence-corrected chi connectivity index (χ4v) is 3.54. The van der Waals surface area contributed by atoms with Gasteiger partial charge in [0.2, 0.25) is 5.88 Å². The number of aliphatic hydroxyl groups is 1. The van der Waals surface area contributed by atoms with E-state index in [1.165, 1.54) is 12.1 Å². The maximum Gasteiger partial charge on any atom is 0.227 e. The number of ether oxygens (including phenoxy) is 3. The van der Waals surface area contributed by atoms with Gasteiger partial charge < -0.3 is 19.3 Å². The maximum atomic E-state index is 13.9. The van der Waals surface area contributed by atoms with Crippen molar-refractivity contribution in [2.75, 3.05) is 33.4 Å². The number of aromatic nitrogens is 2. The Morgan fingerprint density at radius 2 is 1.88 bits per heavy atom. The van der Waals surface area contributed by atoms with Crippen molar-refractivity contribution in [3.8, 4) is 17.3 Å². The molecule has 3 rings (SSSR count). The zero-order valence-electron chi connectivity index (χ0n) is 20.3. The molecular weight excluding hydrogens is 437 g/mol. The summed E-state index contributed by atoms with van der Waals surface area (Å²) in [6, 6.07) is 15.7. The Balaban J connectivity index is 1.93. The third-order valence-corrected chi connectivity index (χ3v) is 5.23. The van der Waals surface area contributed by atoms with Crippen LogP contribution in [0.3, 0.4) is 0 Å². The molecule has 34 heavy (non-hydrogen) atoms. The Hall–Kier alpha value is -2.78. The average molecular weight is 472 g/mol. The van der Waals surface area contributed by atoms with E-state index in [0.717, 1.165) is 16.9 Å². The topological polar surface area (TPSA) is 69.0 Å². The summed E-state index contributed by atoms with van der Waals surface area (Å²) in [4.78, 5) is 2.08. The van der Waals surface area contributed by atoms with Gasteiger partial charge in [-0.05, 0) is 45.0 Å². The van der Waals surface area contributed by atoms with Crippen LogP contribution in [0.2, 0.25) is 0 Å². The highest BCUT2D eigenvalue weighted by molar-refractivity contribution is 5.43. The van der Waals surface area contributed by atoms with Gasteiger partial charge in [0.05, 0.1) is 42.4 Å². The van der Waals surface area contributed by atoms with Crippen LogP contribution in [0.15, 0.2) is 54.6 Å². The fraction of sp³-hybridized carbons (Fsp3) is 0.423. The smallest absolute Gasteiger partial charge is 0.227 e. The molecule has 3 aromatic rings. The van der Waals surface area contributed by atoms with Crippen LogP contribution in [-0.2, 0) is 16.0 Å². The number of benzene rings is 2. The zero-order chi connectivity index (χ0) is 24.5. The van der Waals surface area contributed by atoms with E-state index < -0.39 is 6.10 Å². The molecule has 2 aromatic carbocycles. The lowest BCUT2D eigenvalue weighted by Gasteiger charge is -2.25. The molecule has 0 saturated heterocycles. The molecule has 0 spiro atoms. The second kappa shape index (κ2) is 12.6.